The minimum atomic E-state index is 0.0736. The van der Waals surface area contributed by atoms with Gasteiger partial charge in [-0.3, -0.25) is 4.79 Å². The van der Waals surface area contributed by atoms with Gasteiger partial charge in [0.25, 0.3) is 0 Å². The van der Waals surface area contributed by atoms with Crippen LogP contribution in [0.5, 0.6) is 0 Å². The molecule has 0 unspecified atom stereocenters. The van der Waals surface area contributed by atoms with E-state index in [0.29, 0.717) is 30.4 Å². The molecule has 100 valence electrons. The number of carbonyl (C=O) groups excluding carboxylic acids is 1. The van der Waals surface area contributed by atoms with Gasteiger partial charge in [0.2, 0.25) is 5.91 Å². The van der Waals surface area contributed by atoms with Crippen LogP contribution < -0.4 is 16.6 Å². The molecule has 7 nitrogen and oxygen atoms in total. The predicted molar refractivity (Wildman–Crippen MR) is 71.0 cm³/mol. The van der Waals surface area contributed by atoms with Crippen molar-refractivity contribution >= 4 is 17.5 Å². The number of aryl methyl sites for hydroxylation is 1. The van der Waals surface area contributed by atoms with E-state index < -0.39 is 0 Å². The molecule has 0 aromatic carbocycles. The Bertz CT molecular complexity index is 384. The average Bonchev–Trinajstić information content (AvgIpc) is 2.37. The molecule has 4 N–H and O–H groups in total. The minimum absolute atomic E-state index is 0.0736. The van der Waals surface area contributed by atoms with Gasteiger partial charge < -0.3 is 15.6 Å². The molecule has 0 radical (unpaired) electrons. The largest absolute Gasteiger partial charge is 0.369 e. The standard InChI is InChI=1S/C11H20N6O/c1-4-8-14-9(7-10(15-8)16-12)13-6-5-11(18)17(2)3/h7H,4-6,12H2,1-3H3,(H2,13,14,15,16). The average molecular weight is 252 g/mol. The third-order valence-electron chi connectivity index (χ3n) is 2.38. The molecule has 0 saturated carbocycles. The summed E-state index contributed by atoms with van der Waals surface area (Å²) >= 11 is 0. The Morgan fingerprint density at radius 3 is 2.61 bits per heavy atom. The number of anilines is 2. The molecule has 1 aromatic heterocycles. The maximum absolute atomic E-state index is 11.4. The quantitative estimate of drug-likeness (QED) is 0.495. The number of amides is 1. The van der Waals surface area contributed by atoms with Crippen LogP contribution in [0.3, 0.4) is 0 Å². The molecule has 0 aliphatic heterocycles. The number of nitrogens with one attached hydrogen (secondary N) is 2. The van der Waals surface area contributed by atoms with Gasteiger partial charge in [-0.15, -0.1) is 0 Å². The number of aromatic nitrogens is 2. The summed E-state index contributed by atoms with van der Waals surface area (Å²) in [6.07, 6.45) is 1.14. The summed E-state index contributed by atoms with van der Waals surface area (Å²) in [4.78, 5) is 21.4. The molecular formula is C11H20N6O. The van der Waals surface area contributed by atoms with Crippen LogP contribution in [-0.4, -0.2) is 41.4 Å². The topological polar surface area (TPSA) is 96.2 Å². The molecule has 18 heavy (non-hydrogen) atoms. The van der Waals surface area contributed by atoms with Gasteiger partial charge in [0.05, 0.1) is 0 Å². The van der Waals surface area contributed by atoms with Gasteiger partial charge in [0, 0.05) is 39.5 Å². The van der Waals surface area contributed by atoms with Gasteiger partial charge in [0.15, 0.2) is 0 Å². The fraction of sp³-hybridized carbons (Fsp3) is 0.545. The Kier molecular flexibility index (Phi) is 5.31. The second-order valence-corrected chi connectivity index (χ2v) is 4.02. The molecule has 1 heterocycles. The first kappa shape index (κ1) is 14.2. The first-order valence-electron chi connectivity index (χ1n) is 5.85. The number of hydrazine groups is 1. The van der Waals surface area contributed by atoms with E-state index in [1.807, 2.05) is 6.92 Å². The molecule has 1 aromatic rings. The monoisotopic (exact) mass is 252 g/mol. The van der Waals surface area contributed by atoms with Gasteiger partial charge in [0.1, 0.15) is 17.5 Å². The number of carbonyl (C=O) groups is 1. The second kappa shape index (κ2) is 6.75. The predicted octanol–water partition coefficient (Wildman–Crippen LogP) is 0.215. The van der Waals surface area contributed by atoms with Crippen molar-refractivity contribution in [3.05, 3.63) is 11.9 Å². The molecule has 0 bridgehead atoms. The Hall–Kier alpha value is -1.89. The molecule has 0 saturated heterocycles. The second-order valence-electron chi connectivity index (χ2n) is 4.02. The summed E-state index contributed by atoms with van der Waals surface area (Å²) in [7, 11) is 3.47. The van der Waals surface area contributed by atoms with Crippen LogP contribution in [0.1, 0.15) is 19.2 Å². The highest BCUT2D eigenvalue weighted by Crippen LogP contribution is 2.10. The van der Waals surface area contributed by atoms with E-state index in [4.69, 9.17) is 5.84 Å². The zero-order valence-corrected chi connectivity index (χ0v) is 11.0. The van der Waals surface area contributed by atoms with Crippen molar-refractivity contribution in [2.24, 2.45) is 5.84 Å². The van der Waals surface area contributed by atoms with Crippen molar-refractivity contribution in [2.75, 3.05) is 31.4 Å². The molecule has 0 spiro atoms. The van der Waals surface area contributed by atoms with Crippen LogP contribution in [0.15, 0.2) is 6.07 Å². The van der Waals surface area contributed by atoms with Crippen LogP contribution in [-0.2, 0) is 11.2 Å². The Balaban J connectivity index is 2.58. The number of hydrogen-bond acceptors (Lipinski definition) is 6. The number of hydrogen-bond donors (Lipinski definition) is 3. The van der Waals surface area contributed by atoms with E-state index in [0.717, 1.165) is 6.42 Å². The summed E-state index contributed by atoms with van der Waals surface area (Å²) in [6, 6.07) is 1.71. The maximum Gasteiger partial charge on any atom is 0.223 e. The van der Waals surface area contributed by atoms with Crippen LogP contribution in [0.4, 0.5) is 11.6 Å². The molecule has 0 fully saturated rings. The summed E-state index contributed by atoms with van der Waals surface area (Å²) in [5, 5.41) is 3.09. The van der Waals surface area contributed by atoms with Crippen LogP contribution in [0.2, 0.25) is 0 Å². The fourth-order valence-electron chi connectivity index (χ4n) is 1.34. The first-order chi connectivity index (χ1) is 8.56. The molecule has 0 atom stereocenters. The van der Waals surface area contributed by atoms with Crippen molar-refractivity contribution in [2.45, 2.75) is 19.8 Å². The minimum Gasteiger partial charge on any atom is -0.369 e. The molecule has 1 amide bonds. The Labute approximate surface area is 107 Å². The summed E-state index contributed by atoms with van der Waals surface area (Å²) in [6.45, 7) is 2.50. The number of nitrogen functional groups attached to an aromatic ring is 1. The molecule has 7 heteroatoms. The van der Waals surface area contributed by atoms with Crippen LogP contribution >= 0.6 is 0 Å². The van der Waals surface area contributed by atoms with Crippen molar-refractivity contribution in [3.63, 3.8) is 0 Å². The van der Waals surface area contributed by atoms with E-state index in [9.17, 15) is 4.79 Å². The lowest BCUT2D eigenvalue weighted by molar-refractivity contribution is -0.128. The van der Waals surface area contributed by atoms with Gasteiger partial charge in [-0.25, -0.2) is 15.8 Å². The van der Waals surface area contributed by atoms with Crippen molar-refractivity contribution < 1.29 is 4.79 Å². The highest BCUT2D eigenvalue weighted by atomic mass is 16.2. The Morgan fingerprint density at radius 1 is 1.39 bits per heavy atom. The van der Waals surface area contributed by atoms with E-state index in [-0.39, 0.29) is 5.91 Å². The molecule has 0 aliphatic rings. The highest BCUT2D eigenvalue weighted by molar-refractivity contribution is 5.76. The van der Waals surface area contributed by atoms with Gasteiger partial charge in [-0.1, -0.05) is 6.92 Å². The third-order valence-corrected chi connectivity index (χ3v) is 2.38. The lowest BCUT2D eigenvalue weighted by Gasteiger charge is -2.11. The lowest BCUT2D eigenvalue weighted by Crippen LogP contribution is -2.24. The van der Waals surface area contributed by atoms with Gasteiger partial charge >= 0.3 is 0 Å². The van der Waals surface area contributed by atoms with E-state index in [1.165, 1.54) is 0 Å². The van der Waals surface area contributed by atoms with Crippen LogP contribution in [0, 0.1) is 0 Å². The summed E-state index contributed by atoms with van der Waals surface area (Å²) in [5.41, 5.74) is 2.49. The van der Waals surface area contributed by atoms with Crippen molar-refractivity contribution in [3.8, 4) is 0 Å². The van der Waals surface area contributed by atoms with Crippen LogP contribution in [0.25, 0.3) is 0 Å². The van der Waals surface area contributed by atoms with E-state index in [1.54, 1.807) is 25.1 Å². The molecule has 1 rings (SSSR count). The van der Waals surface area contributed by atoms with E-state index in [2.05, 4.69) is 20.7 Å². The van der Waals surface area contributed by atoms with E-state index >= 15 is 0 Å². The lowest BCUT2D eigenvalue weighted by atomic mass is 10.3. The number of rotatable bonds is 6. The summed E-state index contributed by atoms with van der Waals surface area (Å²) < 4.78 is 0. The number of nitrogens with two attached hydrogens (primary N) is 1. The Morgan fingerprint density at radius 2 is 2.06 bits per heavy atom. The highest BCUT2D eigenvalue weighted by Gasteiger charge is 2.05. The zero-order valence-electron chi connectivity index (χ0n) is 11.0. The van der Waals surface area contributed by atoms with Gasteiger partial charge in [-0.2, -0.15) is 0 Å². The first-order valence-corrected chi connectivity index (χ1v) is 5.85. The maximum atomic E-state index is 11.4. The smallest absolute Gasteiger partial charge is 0.223 e. The van der Waals surface area contributed by atoms with Crippen molar-refractivity contribution in [1.29, 1.82) is 0 Å². The van der Waals surface area contributed by atoms with Crippen molar-refractivity contribution in [1.82, 2.24) is 14.9 Å². The summed E-state index contributed by atoms with van der Waals surface area (Å²) in [5.74, 6) is 7.33. The molecule has 0 aliphatic carbocycles. The molecular weight excluding hydrogens is 232 g/mol. The normalized spacial score (nSPS) is 10.0. The third kappa shape index (κ3) is 4.17. The number of nitrogens with zero attached hydrogens (tertiary/aromatic N) is 3. The zero-order chi connectivity index (χ0) is 13.5. The SMILES string of the molecule is CCc1nc(NN)cc(NCCC(=O)N(C)C)n1. The fourth-order valence-corrected chi connectivity index (χ4v) is 1.34. The van der Waals surface area contributed by atoms with Gasteiger partial charge in [-0.05, 0) is 0 Å².